The van der Waals surface area contributed by atoms with Gasteiger partial charge in [0.05, 0.1) is 5.60 Å². The van der Waals surface area contributed by atoms with Gasteiger partial charge < -0.3 is 5.11 Å². The Morgan fingerprint density at radius 3 is 2.48 bits per heavy atom. The third-order valence-electron chi connectivity index (χ3n) is 3.77. The van der Waals surface area contributed by atoms with E-state index in [0.717, 1.165) is 22.4 Å². The van der Waals surface area contributed by atoms with Gasteiger partial charge in [-0.1, -0.05) is 67.3 Å². The van der Waals surface area contributed by atoms with Crippen molar-refractivity contribution in [2.75, 3.05) is 0 Å². The molecule has 2 heteroatoms. The van der Waals surface area contributed by atoms with E-state index in [9.17, 15) is 5.11 Å². The molecule has 0 saturated carbocycles. The zero-order valence-electron chi connectivity index (χ0n) is 13.7. The fourth-order valence-corrected chi connectivity index (χ4v) is 2.45. The number of aromatic nitrogens is 1. The van der Waals surface area contributed by atoms with Gasteiger partial charge in [0.1, 0.15) is 0 Å². The van der Waals surface area contributed by atoms with Crippen molar-refractivity contribution in [2.45, 2.75) is 25.9 Å². The van der Waals surface area contributed by atoms with Gasteiger partial charge in [-0.15, -0.1) is 0 Å². The summed E-state index contributed by atoms with van der Waals surface area (Å²) < 4.78 is 0. The SMILES string of the molecule is C=C/C(=C\C=C/C)C(C)(O)Cc1ccc(-c2ccccc2)cn1. The van der Waals surface area contributed by atoms with Crippen LogP contribution in [0, 0.1) is 0 Å². The molecule has 1 N–H and O–H groups in total. The van der Waals surface area contributed by atoms with Crippen molar-refractivity contribution in [3.63, 3.8) is 0 Å². The Morgan fingerprint density at radius 1 is 1.17 bits per heavy atom. The standard InChI is InChI=1S/C21H23NO/c1-4-6-12-19(5-2)21(3,23)15-20-14-13-18(16-22-20)17-10-8-7-9-11-17/h4-14,16,23H,2,15H2,1,3H3/b6-4-,19-12+. The highest BCUT2D eigenvalue weighted by atomic mass is 16.3. The largest absolute Gasteiger partial charge is 0.385 e. The smallest absolute Gasteiger partial charge is 0.0923 e. The van der Waals surface area contributed by atoms with Gasteiger partial charge in [-0.3, -0.25) is 4.98 Å². The summed E-state index contributed by atoms with van der Waals surface area (Å²) in [6.07, 6.45) is 9.69. The lowest BCUT2D eigenvalue weighted by Gasteiger charge is -2.24. The van der Waals surface area contributed by atoms with Crippen LogP contribution < -0.4 is 0 Å². The number of hydrogen-bond acceptors (Lipinski definition) is 2. The molecular formula is C21H23NO. The summed E-state index contributed by atoms with van der Waals surface area (Å²) in [4.78, 5) is 4.50. The molecule has 0 saturated heterocycles. The highest BCUT2D eigenvalue weighted by Gasteiger charge is 2.24. The average Bonchev–Trinajstić information content (AvgIpc) is 2.56. The second-order valence-corrected chi connectivity index (χ2v) is 5.71. The van der Waals surface area contributed by atoms with Gasteiger partial charge in [0, 0.05) is 23.9 Å². The summed E-state index contributed by atoms with van der Waals surface area (Å²) in [5, 5.41) is 10.7. The minimum Gasteiger partial charge on any atom is -0.385 e. The van der Waals surface area contributed by atoms with E-state index < -0.39 is 5.60 Å². The molecule has 0 radical (unpaired) electrons. The Hall–Kier alpha value is -2.45. The van der Waals surface area contributed by atoms with Gasteiger partial charge in [-0.25, -0.2) is 0 Å². The number of aliphatic hydroxyl groups is 1. The van der Waals surface area contributed by atoms with Crippen LogP contribution in [0.25, 0.3) is 11.1 Å². The maximum absolute atomic E-state index is 10.7. The summed E-state index contributed by atoms with van der Waals surface area (Å²) in [6, 6.07) is 14.1. The number of nitrogens with zero attached hydrogens (tertiary/aromatic N) is 1. The van der Waals surface area contributed by atoms with Crippen molar-refractivity contribution in [3.8, 4) is 11.1 Å². The van der Waals surface area contributed by atoms with E-state index >= 15 is 0 Å². The topological polar surface area (TPSA) is 33.1 Å². The molecule has 118 valence electrons. The third-order valence-corrected chi connectivity index (χ3v) is 3.77. The van der Waals surface area contributed by atoms with Crippen molar-refractivity contribution < 1.29 is 5.11 Å². The highest BCUT2D eigenvalue weighted by Crippen LogP contribution is 2.24. The van der Waals surface area contributed by atoms with Crippen LogP contribution in [-0.4, -0.2) is 15.7 Å². The molecule has 1 aromatic heterocycles. The fraction of sp³-hybridized carbons (Fsp3) is 0.190. The third kappa shape index (κ3) is 4.51. The fourth-order valence-electron chi connectivity index (χ4n) is 2.45. The number of hydrogen-bond donors (Lipinski definition) is 1. The summed E-state index contributed by atoms with van der Waals surface area (Å²) in [5.41, 5.74) is 2.84. The van der Waals surface area contributed by atoms with Gasteiger partial charge >= 0.3 is 0 Å². The quantitative estimate of drug-likeness (QED) is 0.783. The first-order chi connectivity index (χ1) is 11.1. The van der Waals surface area contributed by atoms with Gasteiger partial charge in [0.2, 0.25) is 0 Å². The van der Waals surface area contributed by atoms with E-state index in [1.54, 1.807) is 13.0 Å². The second-order valence-electron chi connectivity index (χ2n) is 5.71. The molecule has 0 fully saturated rings. The summed E-state index contributed by atoms with van der Waals surface area (Å²) >= 11 is 0. The maximum atomic E-state index is 10.7. The molecule has 0 bridgehead atoms. The lowest BCUT2D eigenvalue weighted by Crippen LogP contribution is -2.29. The normalized spacial score (nSPS) is 14.7. The average molecular weight is 305 g/mol. The molecule has 2 aromatic rings. The lowest BCUT2D eigenvalue weighted by molar-refractivity contribution is 0.102. The molecule has 0 spiro atoms. The van der Waals surface area contributed by atoms with Crippen LogP contribution in [0.3, 0.4) is 0 Å². The molecule has 2 rings (SSSR count). The Morgan fingerprint density at radius 2 is 1.91 bits per heavy atom. The molecule has 1 heterocycles. The van der Waals surface area contributed by atoms with Crippen LogP contribution in [0.15, 0.2) is 85.1 Å². The van der Waals surface area contributed by atoms with E-state index in [1.165, 1.54) is 0 Å². The molecule has 1 aromatic carbocycles. The monoisotopic (exact) mass is 305 g/mol. The van der Waals surface area contributed by atoms with E-state index in [-0.39, 0.29) is 0 Å². The van der Waals surface area contributed by atoms with E-state index in [4.69, 9.17) is 0 Å². The molecule has 0 amide bonds. The van der Waals surface area contributed by atoms with Gasteiger partial charge in [0.25, 0.3) is 0 Å². The minimum absolute atomic E-state index is 0.442. The number of allylic oxidation sites excluding steroid dienone is 3. The first-order valence-electron chi connectivity index (χ1n) is 7.75. The second kappa shape index (κ2) is 7.70. The summed E-state index contributed by atoms with van der Waals surface area (Å²) in [7, 11) is 0. The van der Waals surface area contributed by atoms with Gasteiger partial charge in [0.15, 0.2) is 0 Å². The molecule has 0 aliphatic carbocycles. The Labute approximate surface area is 138 Å². The molecular weight excluding hydrogens is 282 g/mol. The Balaban J connectivity index is 2.18. The first kappa shape index (κ1) is 16.9. The number of pyridine rings is 1. The first-order valence-corrected chi connectivity index (χ1v) is 7.75. The predicted octanol–water partition coefficient (Wildman–Crippen LogP) is 4.73. The van der Waals surface area contributed by atoms with Crippen LogP contribution >= 0.6 is 0 Å². The highest BCUT2D eigenvalue weighted by molar-refractivity contribution is 5.62. The van der Waals surface area contributed by atoms with Gasteiger partial charge in [-0.05, 0) is 31.1 Å². The predicted molar refractivity (Wildman–Crippen MR) is 97.1 cm³/mol. The molecule has 0 aliphatic rings. The summed E-state index contributed by atoms with van der Waals surface area (Å²) in [5.74, 6) is 0. The van der Waals surface area contributed by atoms with Crippen LogP contribution in [0.2, 0.25) is 0 Å². The molecule has 2 nitrogen and oxygen atoms in total. The van der Waals surface area contributed by atoms with Crippen molar-refractivity contribution in [1.29, 1.82) is 0 Å². The molecule has 1 atom stereocenters. The Bertz CT molecular complexity index is 694. The zero-order chi connectivity index (χ0) is 16.7. The van der Waals surface area contributed by atoms with Crippen LogP contribution in [-0.2, 0) is 6.42 Å². The molecule has 23 heavy (non-hydrogen) atoms. The lowest BCUT2D eigenvalue weighted by atomic mass is 9.90. The maximum Gasteiger partial charge on any atom is 0.0923 e. The molecule has 0 aliphatic heterocycles. The summed E-state index contributed by atoms with van der Waals surface area (Å²) in [6.45, 7) is 7.52. The van der Waals surface area contributed by atoms with Crippen molar-refractivity contribution in [3.05, 3.63) is 90.8 Å². The van der Waals surface area contributed by atoms with E-state index in [0.29, 0.717) is 6.42 Å². The number of benzene rings is 1. The van der Waals surface area contributed by atoms with Gasteiger partial charge in [-0.2, -0.15) is 0 Å². The zero-order valence-corrected chi connectivity index (χ0v) is 13.7. The van der Waals surface area contributed by atoms with Crippen molar-refractivity contribution in [2.24, 2.45) is 0 Å². The Kier molecular flexibility index (Phi) is 5.67. The minimum atomic E-state index is -0.997. The number of rotatable bonds is 6. The van der Waals surface area contributed by atoms with Crippen molar-refractivity contribution >= 4 is 0 Å². The van der Waals surface area contributed by atoms with Crippen LogP contribution in [0.1, 0.15) is 19.5 Å². The van der Waals surface area contributed by atoms with Crippen LogP contribution in [0.4, 0.5) is 0 Å². The van der Waals surface area contributed by atoms with E-state index in [2.05, 4.69) is 23.7 Å². The molecule has 1 unspecified atom stereocenters. The van der Waals surface area contributed by atoms with E-state index in [1.807, 2.05) is 61.7 Å². The van der Waals surface area contributed by atoms with Crippen LogP contribution in [0.5, 0.6) is 0 Å². The van der Waals surface area contributed by atoms with Crippen molar-refractivity contribution in [1.82, 2.24) is 4.98 Å².